The van der Waals surface area contributed by atoms with Crippen molar-refractivity contribution in [3.8, 4) is 0 Å². The fraction of sp³-hybridized carbons (Fsp3) is 0.150. The number of thiazole rings is 1. The number of halogens is 1. The second-order valence-electron chi connectivity index (χ2n) is 6.04. The molecule has 0 spiro atoms. The lowest BCUT2D eigenvalue weighted by molar-refractivity contribution is -0.115. The van der Waals surface area contributed by atoms with E-state index in [1.807, 2.05) is 37.3 Å². The first-order chi connectivity index (χ1) is 13.0. The second kappa shape index (κ2) is 8.79. The molecule has 2 aromatic carbocycles. The van der Waals surface area contributed by atoms with Gasteiger partial charge in [-0.25, -0.2) is 4.98 Å². The molecule has 3 aromatic rings. The number of hydrogen-bond donors (Lipinski definition) is 2. The molecule has 0 aliphatic rings. The van der Waals surface area contributed by atoms with Crippen molar-refractivity contribution in [1.29, 1.82) is 0 Å². The van der Waals surface area contributed by atoms with Gasteiger partial charge in [-0.3, -0.25) is 9.59 Å². The van der Waals surface area contributed by atoms with Gasteiger partial charge < -0.3 is 10.6 Å². The van der Waals surface area contributed by atoms with Gasteiger partial charge in [-0.15, -0.1) is 11.3 Å². The van der Waals surface area contributed by atoms with Gasteiger partial charge >= 0.3 is 0 Å². The molecule has 0 unspecified atom stereocenters. The molecule has 0 atom stereocenters. The Labute approximate surface area is 166 Å². The molecule has 0 saturated carbocycles. The summed E-state index contributed by atoms with van der Waals surface area (Å²) in [5.74, 6) is -0.603. The van der Waals surface area contributed by atoms with Crippen LogP contribution in [0.2, 0.25) is 5.02 Å². The number of anilines is 1. The summed E-state index contributed by atoms with van der Waals surface area (Å²) in [6, 6.07) is 14.8. The number of carbonyl (C=O) groups excluding carboxylic acids is 2. The van der Waals surface area contributed by atoms with Crippen molar-refractivity contribution in [3.63, 3.8) is 0 Å². The van der Waals surface area contributed by atoms with E-state index < -0.39 is 0 Å². The first-order valence-corrected chi connectivity index (χ1v) is 9.53. The van der Waals surface area contributed by atoms with Gasteiger partial charge in [-0.1, -0.05) is 41.4 Å². The minimum atomic E-state index is -0.320. The largest absolute Gasteiger partial charge is 0.343 e. The minimum absolute atomic E-state index is 0.115. The van der Waals surface area contributed by atoms with E-state index in [1.54, 1.807) is 24.4 Å². The maximum Gasteiger partial charge on any atom is 0.251 e. The fourth-order valence-corrected chi connectivity index (χ4v) is 3.58. The molecule has 5 nitrogen and oxygen atoms in total. The molecule has 7 heteroatoms. The Balaban J connectivity index is 1.51. The van der Waals surface area contributed by atoms with Crippen LogP contribution in [0.15, 0.2) is 54.7 Å². The summed E-state index contributed by atoms with van der Waals surface area (Å²) in [6.07, 6.45) is 2.42. The molecular formula is C20H18ClN3O2S. The zero-order valence-electron chi connectivity index (χ0n) is 14.7. The van der Waals surface area contributed by atoms with Crippen LogP contribution in [-0.2, 0) is 11.2 Å². The molecule has 0 radical (unpaired) electrons. The predicted octanol–water partition coefficient (Wildman–Crippen LogP) is 4.06. The SMILES string of the molecule is Cc1cccc(C(=O)NCC(=O)Nc2ncc(Cc3cccc(Cl)c3)s2)c1. The molecule has 1 aromatic heterocycles. The average molecular weight is 400 g/mol. The Hall–Kier alpha value is -2.70. The number of aryl methyl sites for hydroxylation is 1. The summed E-state index contributed by atoms with van der Waals surface area (Å²) in [5, 5.41) is 6.51. The van der Waals surface area contributed by atoms with Crippen molar-refractivity contribution in [3.05, 3.63) is 81.3 Å². The number of amides is 2. The van der Waals surface area contributed by atoms with Gasteiger partial charge in [0.05, 0.1) is 6.54 Å². The lowest BCUT2D eigenvalue weighted by Gasteiger charge is -2.05. The lowest BCUT2D eigenvalue weighted by Crippen LogP contribution is -2.32. The first-order valence-electron chi connectivity index (χ1n) is 8.33. The number of benzene rings is 2. The Kier molecular flexibility index (Phi) is 6.21. The maximum absolute atomic E-state index is 12.1. The van der Waals surface area contributed by atoms with Crippen molar-refractivity contribution >= 4 is 39.9 Å². The summed E-state index contributed by atoms with van der Waals surface area (Å²) in [6.45, 7) is 1.79. The van der Waals surface area contributed by atoms with Crippen molar-refractivity contribution in [2.24, 2.45) is 0 Å². The summed E-state index contributed by atoms with van der Waals surface area (Å²) in [7, 11) is 0. The van der Waals surface area contributed by atoms with Gasteiger partial charge in [-0.2, -0.15) is 0 Å². The smallest absolute Gasteiger partial charge is 0.251 e. The van der Waals surface area contributed by atoms with E-state index >= 15 is 0 Å². The Morgan fingerprint density at radius 2 is 1.96 bits per heavy atom. The third-order valence-electron chi connectivity index (χ3n) is 3.76. The third kappa shape index (κ3) is 5.64. The van der Waals surface area contributed by atoms with Gasteiger partial charge in [0.2, 0.25) is 5.91 Å². The van der Waals surface area contributed by atoms with Crippen molar-refractivity contribution in [1.82, 2.24) is 10.3 Å². The molecular weight excluding hydrogens is 382 g/mol. The molecule has 2 N–H and O–H groups in total. The highest BCUT2D eigenvalue weighted by Gasteiger charge is 2.10. The lowest BCUT2D eigenvalue weighted by atomic mass is 10.1. The highest BCUT2D eigenvalue weighted by Crippen LogP contribution is 2.22. The van der Waals surface area contributed by atoms with Gasteiger partial charge in [-0.05, 0) is 36.8 Å². The molecule has 0 saturated heterocycles. The molecule has 0 aliphatic heterocycles. The molecule has 27 heavy (non-hydrogen) atoms. The summed E-state index contributed by atoms with van der Waals surface area (Å²) in [5.41, 5.74) is 2.59. The molecule has 3 rings (SSSR count). The number of carbonyl (C=O) groups is 2. The van der Waals surface area contributed by atoms with E-state index in [9.17, 15) is 9.59 Å². The Morgan fingerprint density at radius 3 is 2.74 bits per heavy atom. The van der Waals surface area contributed by atoms with E-state index in [0.29, 0.717) is 22.1 Å². The van der Waals surface area contributed by atoms with Crippen molar-refractivity contribution in [2.75, 3.05) is 11.9 Å². The van der Waals surface area contributed by atoms with Crippen LogP contribution in [0.25, 0.3) is 0 Å². The summed E-state index contributed by atoms with van der Waals surface area (Å²) >= 11 is 7.39. The Morgan fingerprint density at radius 1 is 1.15 bits per heavy atom. The molecule has 0 bridgehead atoms. The quantitative estimate of drug-likeness (QED) is 0.656. The van der Waals surface area contributed by atoms with Gasteiger partial charge in [0.1, 0.15) is 0 Å². The fourth-order valence-electron chi connectivity index (χ4n) is 2.51. The molecule has 0 aliphatic carbocycles. The predicted molar refractivity (Wildman–Crippen MR) is 109 cm³/mol. The van der Waals surface area contributed by atoms with Crippen LogP contribution in [0.4, 0.5) is 5.13 Å². The Bertz CT molecular complexity index is 971. The van der Waals surface area contributed by atoms with Crippen LogP contribution in [-0.4, -0.2) is 23.3 Å². The van der Waals surface area contributed by atoms with E-state index in [4.69, 9.17) is 11.6 Å². The number of nitrogens with one attached hydrogen (secondary N) is 2. The van der Waals surface area contributed by atoms with Gasteiger partial charge in [0.15, 0.2) is 5.13 Å². The number of rotatable bonds is 6. The molecule has 0 fully saturated rings. The second-order valence-corrected chi connectivity index (χ2v) is 7.59. The van der Waals surface area contributed by atoms with Crippen LogP contribution in [0.5, 0.6) is 0 Å². The highest BCUT2D eigenvalue weighted by molar-refractivity contribution is 7.15. The van der Waals surface area contributed by atoms with Crippen molar-refractivity contribution < 1.29 is 9.59 Å². The summed E-state index contributed by atoms with van der Waals surface area (Å²) in [4.78, 5) is 29.3. The number of hydrogen-bond acceptors (Lipinski definition) is 4. The zero-order valence-corrected chi connectivity index (χ0v) is 16.2. The van der Waals surface area contributed by atoms with E-state index in [0.717, 1.165) is 16.0 Å². The normalized spacial score (nSPS) is 10.4. The standard InChI is InChI=1S/C20H18ClN3O2S/c1-13-4-2-6-15(8-13)19(26)22-12-18(25)24-20-23-11-17(27-20)10-14-5-3-7-16(21)9-14/h2-9,11H,10,12H2,1H3,(H,22,26)(H,23,24,25). The average Bonchev–Trinajstić information content (AvgIpc) is 3.06. The molecule has 138 valence electrons. The zero-order chi connectivity index (χ0) is 19.2. The highest BCUT2D eigenvalue weighted by atomic mass is 35.5. The van der Waals surface area contributed by atoms with Crippen LogP contribution in [0.1, 0.15) is 26.4 Å². The van der Waals surface area contributed by atoms with Crippen LogP contribution >= 0.6 is 22.9 Å². The topological polar surface area (TPSA) is 71.1 Å². The summed E-state index contributed by atoms with van der Waals surface area (Å²) < 4.78 is 0. The van der Waals surface area contributed by atoms with Crippen LogP contribution in [0, 0.1) is 6.92 Å². The van der Waals surface area contributed by atoms with Crippen molar-refractivity contribution in [2.45, 2.75) is 13.3 Å². The monoisotopic (exact) mass is 399 g/mol. The number of nitrogens with zero attached hydrogens (tertiary/aromatic N) is 1. The van der Waals surface area contributed by atoms with E-state index in [2.05, 4.69) is 15.6 Å². The molecule has 1 heterocycles. The maximum atomic E-state index is 12.1. The minimum Gasteiger partial charge on any atom is -0.343 e. The van der Waals surface area contributed by atoms with Crippen LogP contribution < -0.4 is 10.6 Å². The van der Waals surface area contributed by atoms with E-state index in [1.165, 1.54) is 11.3 Å². The van der Waals surface area contributed by atoms with E-state index in [-0.39, 0.29) is 18.4 Å². The third-order valence-corrected chi connectivity index (χ3v) is 4.90. The number of aromatic nitrogens is 1. The van der Waals surface area contributed by atoms with Gasteiger partial charge in [0, 0.05) is 28.1 Å². The molecule has 2 amide bonds. The first kappa shape index (κ1) is 19.1. The van der Waals surface area contributed by atoms with Gasteiger partial charge in [0.25, 0.3) is 5.91 Å². The van der Waals surface area contributed by atoms with Crippen LogP contribution in [0.3, 0.4) is 0 Å².